The molecule has 0 amide bonds. The van der Waals surface area contributed by atoms with E-state index in [4.69, 9.17) is 15.3 Å². The third-order valence-electron chi connectivity index (χ3n) is 3.09. The lowest BCUT2D eigenvalue weighted by molar-refractivity contribution is 0.176. The number of benzene rings is 1. The van der Waals surface area contributed by atoms with Crippen LogP contribution < -0.4 is 16.0 Å². The van der Waals surface area contributed by atoms with Gasteiger partial charge < -0.3 is 9.47 Å². The molecular weight excluding hydrogens is 204 g/mol. The molecule has 1 heterocycles. The minimum absolute atomic E-state index is 0.0960. The summed E-state index contributed by atoms with van der Waals surface area (Å²) in [6.45, 7) is 1.57. The Bertz CT molecular complexity index is 338. The summed E-state index contributed by atoms with van der Waals surface area (Å²) >= 11 is 0. The van der Waals surface area contributed by atoms with E-state index in [1.54, 1.807) is 7.11 Å². The van der Waals surface area contributed by atoms with Gasteiger partial charge in [-0.1, -0.05) is 18.2 Å². The van der Waals surface area contributed by atoms with Gasteiger partial charge in [-0.2, -0.15) is 0 Å². The Labute approximate surface area is 95.7 Å². The van der Waals surface area contributed by atoms with Gasteiger partial charge in [-0.15, -0.1) is 0 Å². The zero-order valence-corrected chi connectivity index (χ0v) is 9.48. The number of hydrogen-bond acceptors (Lipinski definition) is 4. The molecule has 2 rings (SSSR count). The highest BCUT2D eigenvalue weighted by Crippen LogP contribution is 2.33. The number of hydrogen-bond donors (Lipinski definition) is 2. The van der Waals surface area contributed by atoms with Crippen molar-refractivity contribution >= 4 is 0 Å². The van der Waals surface area contributed by atoms with E-state index in [2.05, 4.69) is 5.43 Å². The highest BCUT2D eigenvalue weighted by atomic mass is 16.5. The maximum absolute atomic E-state index is 5.65. The highest BCUT2D eigenvalue weighted by molar-refractivity contribution is 5.36. The zero-order valence-electron chi connectivity index (χ0n) is 9.48. The topological polar surface area (TPSA) is 56.5 Å². The van der Waals surface area contributed by atoms with Gasteiger partial charge in [0, 0.05) is 18.1 Å². The monoisotopic (exact) mass is 222 g/mol. The number of nitrogens with one attached hydrogen (secondary N) is 1. The van der Waals surface area contributed by atoms with Crippen LogP contribution in [-0.2, 0) is 4.74 Å². The molecule has 1 aliphatic rings. The average Bonchev–Trinajstić information content (AvgIpc) is 2.84. The molecule has 88 valence electrons. The normalized spacial score (nSPS) is 22.0. The van der Waals surface area contributed by atoms with E-state index in [0.29, 0.717) is 5.92 Å². The highest BCUT2D eigenvalue weighted by Gasteiger charge is 2.27. The summed E-state index contributed by atoms with van der Waals surface area (Å²) < 4.78 is 10.7. The van der Waals surface area contributed by atoms with Gasteiger partial charge in [0.15, 0.2) is 0 Å². The maximum atomic E-state index is 5.65. The van der Waals surface area contributed by atoms with Crippen molar-refractivity contribution in [2.75, 3.05) is 20.3 Å². The fourth-order valence-electron chi connectivity index (χ4n) is 2.22. The lowest BCUT2D eigenvalue weighted by Gasteiger charge is -2.23. The van der Waals surface area contributed by atoms with Crippen LogP contribution in [-0.4, -0.2) is 20.3 Å². The number of methoxy groups -OCH3 is 1. The Morgan fingerprint density at radius 1 is 1.50 bits per heavy atom. The summed E-state index contributed by atoms with van der Waals surface area (Å²) in [7, 11) is 1.68. The predicted molar refractivity (Wildman–Crippen MR) is 62.0 cm³/mol. The molecule has 2 atom stereocenters. The summed E-state index contributed by atoms with van der Waals surface area (Å²) in [5.74, 6) is 6.94. The van der Waals surface area contributed by atoms with E-state index < -0.39 is 0 Å². The second kappa shape index (κ2) is 5.30. The summed E-state index contributed by atoms with van der Waals surface area (Å²) in [6, 6.07) is 8.05. The molecule has 4 nitrogen and oxygen atoms in total. The van der Waals surface area contributed by atoms with Gasteiger partial charge >= 0.3 is 0 Å². The van der Waals surface area contributed by atoms with Crippen LogP contribution in [0.4, 0.5) is 0 Å². The minimum Gasteiger partial charge on any atom is -0.496 e. The Balaban J connectivity index is 2.24. The van der Waals surface area contributed by atoms with Crippen LogP contribution in [0.1, 0.15) is 18.0 Å². The second-order valence-electron chi connectivity index (χ2n) is 4.01. The Morgan fingerprint density at radius 3 is 2.94 bits per heavy atom. The molecule has 1 fully saturated rings. The van der Waals surface area contributed by atoms with E-state index >= 15 is 0 Å². The van der Waals surface area contributed by atoms with Crippen molar-refractivity contribution in [2.45, 2.75) is 12.5 Å². The van der Waals surface area contributed by atoms with Crippen molar-refractivity contribution in [1.29, 1.82) is 0 Å². The lowest BCUT2D eigenvalue weighted by atomic mass is 9.92. The minimum atomic E-state index is 0.0960. The quantitative estimate of drug-likeness (QED) is 0.594. The first-order valence-electron chi connectivity index (χ1n) is 5.53. The maximum Gasteiger partial charge on any atom is 0.123 e. The van der Waals surface area contributed by atoms with Gasteiger partial charge in [0.2, 0.25) is 0 Å². The van der Waals surface area contributed by atoms with Crippen LogP contribution in [0.2, 0.25) is 0 Å². The van der Waals surface area contributed by atoms with E-state index in [1.807, 2.05) is 24.3 Å². The molecule has 0 aliphatic carbocycles. The molecule has 0 bridgehead atoms. The molecule has 0 aromatic heterocycles. The van der Waals surface area contributed by atoms with Gasteiger partial charge in [-0.3, -0.25) is 11.3 Å². The van der Waals surface area contributed by atoms with Crippen LogP contribution in [0.25, 0.3) is 0 Å². The number of ether oxygens (including phenoxy) is 2. The number of rotatable bonds is 4. The lowest BCUT2D eigenvalue weighted by Crippen LogP contribution is -2.34. The standard InChI is InChI=1S/C12H18N2O2/c1-15-11-5-3-2-4-10(11)12(14-13)9-6-7-16-8-9/h2-5,9,12,14H,6-8,13H2,1H3. The summed E-state index contributed by atoms with van der Waals surface area (Å²) in [6.07, 6.45) is 1.03. The van der Waals surface area contributed by atoms with Crippen LogP contribution in [0.15, 0.2) is 24.3 Å². The van der Waals surface area contributed by atoms with Gasteiger partial charge in [-0.25, -0.2) is 0 Å². The van der Waals surface area contributed by atoms with Crippen LogP contribution >= 0.6 is 0 Å². The van der Waals surface area contributed by atoms with Crippen LogP contribution in [0, 0.1) is 5.92 Å². The number of para-hydroxylation sites is 1. The second-order valence-corrected chi connectivity index (χ2v) is 4.01. The van der Waals surface area contributed by atoms with Gasteiger partial charge in [0.25, 0.3) is 0 Å². The molecule has 3 N–H and O–H groups in total. The van der Waals surface area contributed by atoms with Crippen molar-refractivity contribution in [3.63, 3.8) is 0 Å². The fourth-order valence-corrected chi connectivity index (χ4v) is 2.22. The molecule has 1 aliphatic heterocycles. The van der Waals surface area contributed by atoms with E-state index in [1.165, 1.54) is 0 Å². The third kappa shape index (κ3) is 2.19. The van der Waals surface area contributed by atoms with E-state index in [0.717, 1.165) is 30.9 Å². The molecule has 0 spiro atoms. The van der Waals surface area contributed by atoms with Crippen molar-refractivity contribution in [3.8, 4) is 5.75 Å². The average molecular weight is 222 g/mol. The molecule has 4 heteroatoms. The SMILES string of the molecule is COc1ccccc1C(NN)C1CCOC1. The van der Waals surface area contributed by atoms with Crippen LogP contribution in [0.5, 0.6) is 5.75 Å². The first-order valence-corrected chi connectivity index (χ1v) is 5.53. The van der Waals surface area contributed by atoms with Crippen molar-refractivity contribution in [1.82, 2.24) is 5.43 Å². The first-order chi connectivity index (χ1) is 7.86. The summed E-state index contributed by atoms with van der Waals surface area (Å²) in [4.78, 5) is 0. The summed E-state index contributed by atoms with van der Waals surface area (Å²) in [5, 5.41) is 0. The fraction of sp³-hybridized carbons (Fsp3) is 0.500. The smallest absolute Gasteiger partial charge is 0.123 e. The first kappa shape index (κ1) is 11.4. The Kier molecular flexibility index (Phi) is 3.77. The van der Waals surface area contributed by atoms with Gasteiger partial charge in [0.05, 0.1) is 19.8 Å². The molecule has 1 aromatic rings. The van der Waals surface area contributed by atoms with E-state index in [9.17, 15) is 0 Å². The van der Waals surface area contributed by atoms with Crippen molar-refractivity contribution < 1.29 is 9.47 Å². The Hall–Kier alpha value is -1.10. The molecule has 0 radical (unpaired) electrons. The molecule has 1 saturated heterocycles. The molecule has 1 aromatic carbocycles. The van der Waals surface area contributed by atoms with Crippen molar-refractivity contribution in [2.24, 2.45) is 11.8 Å². The molecule has 2 unspecified atom stereocenters. The van der Waals surface area contributed by atoms with Gasteiger partial charge in [0.1, 0.15) is 5.75 Å². The van der Waals surface area contributed by atoms with Gasteiger partial charge in [-0.05, 0) is 12.5 Å². The molecule has 0 saturated carbocycles. The molecule has 16 heavy (non-hydrogen) atoms. The number of hydrazine groups is 1. The Morgan fingerprint density at radius 2 is 2.31 bits per heavy atom. The predicted octanol–water partition coefficient (Wildman–Crippen LogP) is 1.24. The summed E-state index contributed by atoms with van der Waals surface area (Å²) in [5.41, 5.74) is 3.98. The van der Waals surface area contributed by atoms with Crippen LogP contribution in [0.3, 0.4) is 0 Å². The molecular formula is C12H18N2O2. The van der Waals surface area contributed by atoms with E-state index in [-0.39, 0.29) is 6.04 Å². The largest absolute Gasteiger partial charge is 0.496 e. The number of nitrogens with two attached hydrogens (primary N) is 1. The zero-order chi connectivity index (χ0) is 11.4. The van der Waals surface area contributed by atoms with Crippen molar-refractivity contribution in [3.05, 3.63) is 29.8 Å². The third-order valence-corrected chi connectivity index (χ3v) is 3.09.